The van der Waals surface area contributed by atoms with Gasteiger partial charge in [-0.2, -0.15) is 0 Å². The highest BCUT2D eigenvalue weighted by molar-refractivity contribution is 14.1. The van der Waals surface area contributed by atoms with E-state index in [1.54, 1.807) is 18.2 Å². The Hall–Kier alpha value is -2.06. The molecule has 0 bridgehead atoms. The summed E-state index contributed by atoms with van der Waals surface area (Å²) in [5.74, 6) is 0.0282. The van der Waals surface area contributed by atoms with Gasteiger partial charge in [0, 0.05) is 26.7 Å². The molecule has 0 radical (unpaired) electrons. The molecule has 0 aliphatic carbocycles. The Bertz CT molecular complexity index is 945. The third-order valence-electron chi connectivity index (χ3n) is 3.70. The number of benzene rings is 2. The monoisotopic (exact) mass is 468 g/mol. The lowest BCUT2D eigenvalue weighted by molar-refractivity contribution is 0.0948. The van der Waals surface area contributed by atoms with E-state index in [1.807, 2.05) is 18.2 Å². The van der Waals surface area contributed by atoms with Crippen molar-refractivity contribution in [3.63, 3.8) is 0 Å². The third kappa shape index (κ3) is 3.80. The Kier molecular flexibility index (Phi) is 5.29. The summed E-state index contributed by atoms with van der Waals surface area (Å²) in [4.78, 5) is 16.7. The van der Waals surface area contributed by atoms with Crippen molar-refractivity contribution in [1.82, 2.24) is 10.3 Å². The summed E-state index contributed by atoms with van der Waals surface area (Å²) in [6, 6.07) is 10.7. The zero-order valence-electron chi connectivity index (χ0n) is 13.2. The summed E-state index contributed by atoms with van der Waals surface area (Å²) < 4.78 is 6.16. The summed E-state index contributed by atoms with van der Waals surface area (Å²) in [5, 5.41) is 14.4. The first kappa shape index (κ1) is 17.8. The van der Waals surface area contributed by atoms with E-state index in [-0.39, 0.29) is 11.3 Å². The maximum atomic E-state index is 12.4. The molecule has 5 nitrogen and oxygen atoms in total. The van der Waals surface area contributed by atoms with Crippen molar-refractivity contribution in [3.05, 3.63) is 62.3 Å². The molecule has 1 heterocycles. The number of hydrogen-bond acceptors (Lipinski definition) is 4. The number of pyridine rings is 1. The van der Waals surface area contributed by atoms with E-state index in [2.05, 4.69) is 32.9 Å². The van der Waals surface area contributed by atoms with Gasteiger partial charge in [0.1, 0.15) is 22.6 Å². The van der Waals surface area contributed by atoms with Crippen molar-refractivity contribution in [2.75, 3.05) is 7.11 Å². The molecule has 25 heavy (non-hydrogen) atoms. The van der Waals surface area contributed by atoms with Gasteiger partial charge in [0.15, 0.2) is 0 Å². The maximum Gasteiger partial charge on any atom is 0.256 e. The second-order valence-electron chi connectivity index (χ2n) is 5.33. The van der Waals surface area contributed by atoms with Gasteiger partial charge >= 0.3 is 0 Å². The predicted molar refractivity (Wildman–Crippen MR) is 105 cm³/mol. The quantitative estimate of drug-likeness (QED) is 0.565. The average molecular weight is 469 g/mol. The summed E-state index contributed by atoms with van der Waals surface area (Å²) in [6.07, 6.45) is 1.35. The minimum absolute atomic E-state index is 0.115. The smallest absolute Gasteiger partial charge is 0.256 e. The Labute approximate surface area is 163 Å². The van der Waals surface area contributed by atoms with Crippen LogP contribution >= 0.6 is 34.2 Å². The highest BCUT2D eigenvalue weighted by atomic mass is 127. The minimum atomic E-state index is -0.403. The van der Waals surface area contributed by atoms with Gasteiger partial charge in [-0.15, -0.1) is 0 Å². The molecule has 1 amide bonds. The number of hydrogen-bond donors (Lipinski definition) is 2. The molecule has 0 atom stereocenters. The van der Waals surface area contributed by atoms with Crippen molar-refractivity contribution >= 4 is 51.0 Å². The van der Waals surface area contributed by atoms with Crippen LogP contribution in [0.5, 0.6) is 11.5 Å². The number of nitrogens with zero attached hydrogens (tertiary/aromatic N) is 1. The molecule has 0 fully saturated rings. The first-order valence-corrected chi connectivity index (χ1v) is 8.83. The first-order chi connectivity index (χ1) is 12.0. The lowest BCUT2D eigenvalue weighted by atomic mass is 10.1. The molecule has 3 rings (SSSR count). The number of amides is 1. The highest BCUT2D eigenvalue weighted by Gasteiger charge is 2.17. The number of carbonyl (C=O) groups is 1. The van der Waals surface area contributed by atoms with Crippen LogP contribution in [0.15, 0.2) is 42.6 Å². The maximum absolute atomic E-state index is 12.4. The average Bonchev–Trinajstić information content (AvgIpc) is 2.61. The largest absolute Gasteiger partial charge is 0.506 e. The fourth-order valence-corrected chi connectivity index (χ4v) is 3.15. The summed E-state index contributed by atoms with van der Waals surface area (Å²) in [6.45, 7) is 0.323. The lowest BCUT2D eigenvalue weighted by Crippen LogP contribution is -2.23. The standard InChI is InChI=1S/C18H14ClIN2O3/c1-25-15-7-12(20)6-13-16(15)21-9-14(17(13)23)18(24)22-8-10-2-4-11(19)5-3-10/h2-7,9H,8H2,1H3,(H,21,23)(H,22,24). The number of nitrogens with one attached hydrogen (secondary N) is 1. The Morgan fingerprint density at radius 2 is 2.04 bits per heavy atom. The highest BCUT2D eigenvalue weighted by Crippen LogP contribution is 2.34. The first-order valence-electron chi connectivity index (χ1n) is 7.37. The molecule has 0 unspecified atom stereocenters. The van der Waals surface area contributed by atoms with E-state index in [0.29, 0.717) is 28.2 Å². The lowest BCUT2D eigenvalue weighted by Gasteiger charge is -2.11. The number of ether oxygens (including phenoxy) is 1. The van der Waals surface area contributed by atoms with Gasteiger partial charge in [0.2, 0.25) is 0 Å². The van der Waals surface area contributed by atoms with E-state index >= 15 is 0 Å². The molecular weight excluding hydrogens is 455 g/mol. The number of fused-ring (bicyclic) bond motifs is 1. The number of aromatic hydroxyl groups is 1. The van der Waals surface area contributed by atoms with Gasteiger partial charge in [-0.1, -0.05) is 23.7 Å². The van der Waals surface area contributed by atoms with Crippen LogP contribution in [0.4, 0.5) is 0 Å². The van der Waals surface area contributed by atoms with E-state index in [0.717, 1.165) is 9.13 Å². The molecular formula is C18H14ClIN2O3. The molecule has 0 aliphatic heterocycles. The van der Waals surface area contributed by atoms with Gasteiger partial charge in [-0.25, -0.2) is 0 Å². The van der Waals surface area contributed by atoms with Crippen LogP contribution in [0.25, 0.3) is 10.9 Å². The zero-order chi connectivity index (χ0) is 18.0. The molecule has 1 aromatic heterocycles. The van der Waals surface area contributed by atoms with Gasteiger partial charge < -0.3 is 15.2 Å². The summed E-state index contributed by atoms with van der Waals surface area (Å²) in [7, 11) is 1.54. The minimum Gasteiger partial charge on any atom is -0.506 e. The topological polar surface area (TPSA) is 71.5 Å². The third-order valence-corrected chi connectivity index (χ3v) is 4.58. The van der Waals surface area contributed by atoms with Crippen molar-refractivity contribution in [3.8, 4) is 11.5 Å². The van der Waals surface area contributed by atoms with Crippen LogP contribution < -0.4 is 10.1 Å². The van der Waals surface area contributed by atoms with Crippen LogP contribution in [0.2, 0.25) is 5.02 Å². The normalized spacial score (nSPS) is 10.7. The zero-order valence-corrected chi connectivity index (χ0v) is 16.1. The number of methoxy groups -OCH3 is 1. The number of halogens is 2. The number of aromatic nitrogens is 1. The number of rotatable bonds is 4. The van der Waals surface area contributed by atoms with Crippen LogP contribution in [-0.4, -0.2) is 23.1 Å². The molecule has 7 heteroatoms. The molecule has 3 aromatic rings. The second kappa shape index (κ2) is 7.45. The van der Waals surface area contributed by atoms with E-state index in [4.69, 9.17) is 16.3 Å². The molecule has 0 aliphatic rings. The Balaban J connectivity index is 1.88. The van der Waals surface area contributed by atoms with Crippen molar-refractivity contribution in [2.45, 2.75) is 6.54 Å². The van der Waals surface area contributed by atoms with E-state index in [1.165, 1.54) is 13.3 Å². The SMILES string of the molecule is COc1cc(I)cc2c(O)c(C(=O)NCc3ccc(Cl)cc3)cnc12. The molecule has 0 saturated heterocycles. The molecule has 128 valence electrons. The second-order valence-corrected chi connectivity index (χ2v) is 7.02. The molecule has 0 saturated carbocycles. The van der Waals surface area contributed by atoms with Crippen LogP contribution in [-0.2, 0) is 6.54 Å². The fourth-order valence-electron chi connectivity index (χ4n) is 2.42. The summed E-state index contributed by atoms with van der Waals surface area (Å²) in [5.41, 5.74) is 1.53. The van der Waals surface area contributed by atoms with Crippen molar-refractivity contribution in [1.29, 1.82) is 0 Å². The Morgan fingerprint density at radius 1 is 1.32 bits per heavy atom. The molecule has 0 spiro atoms. The van der Waals surface area contributed by atoms with E-state index < -0.39 is 5.91 Å². The van der Waals surface area contributed by atoms with Gasteiger partial charge in [-0.3, -0.25) is 9.78 Å². The molecule has 2 N–H and O–H groups in total. The molecule has 2 aromatic carbocycles. The van der Waals surface area contributed by atoms with Crippen LogP contribution in [0, 0.1) is 3.57 Å². The van der Waals surface area contributed by atoms with Gasteiger partial charge in [-0.05, 0) is 52.4 Å². The Morgan fingerprint density at radius 3 is 2.72 bits per heavy atom. The fraction of sp³-hybridized carbons (Fsp3) is 0.111. The summed E-state index contributed by atoms with van der Waals surface area (Å²) >= 11 is 7.96. The van der Waals surface area contributed by atoms with Crippen LogP contribution in [0.3, 0.4) is 0 Å². The van der Waals surface area contributed by atoms with E-state index in [9.17, 15) is 9.90 Å². The van der Waals surface area contributed by atoms with Crippen molar-refractivity contribution in [2.24, 2.45) is 0 Å². The van der Waals surface area contributed by atoms with Crippen LogP contribution in [0.1, 0.15) is 15.9 Å². The predicted octanol–water partition coefficient (Wildman–Crippen LogP) is 4.14. The van der Waals surface area contributed by atoms with Gasteiger partial charge in [0.05, 0.1) is 7.11 Å². The van der Waals surface area contributed by atoms with Crippen molar-refractivity contribution < 1.29 is 14.6 Å². The van der Waals surface area contributed by atoms with Gasteiger partial charge in [0.25, 0.3) is 5.91 Å². The number of carbonyl (C=O) groups excluding carboxylic acids is 1.